The lowest BCUT2D eigenvalue weighted by Crippen LogP contribution is -2.34. The van der Waals surface area contributed by atoms with Gasteiger partial charge in [-0.15, -0.1) is 0 Å². The Hall–Kier alpha value is -4.65. The minimum Gasteiger partial charge on any atom is -0.497 e. The van der Waals surface area contributed by atoms with Crippen molar-refractivity contribution in [3.05, 3.63) is 106 Å². The SMILES string of the molecule is COc1cccc(-c2cc3c(-c4ccc(C5CCCCC5)cc4)n[nH]c3c(=O)n2NC(=O)c2ccccc2)c1. The van der Waals surface area contributed by atoms with E-state index in [2.05, 4.69) is 39.9 Å². The van der Waals surface area contributed by atoms with Crippen LogP contribution in [0.15, 0.2) is 89.7 Å². The lowest BCUT2D eigenvalue weighted by molar-refractivity contribution is 0.101. The summed E-state index contributed by atoms with van der Waals surface area (Å²) in [5, 5.41) is 8.16. The van der Waals surface area contributed by atoms with Gasteiger partial charge < -0.3 is 4.74 Å². The van der Waals surface area contributed by atoms with Crippen LogP contribution in [-0.4, -0.2) is 27.9 Å². The highest BCUT2D eigenvalue weighted by molar-refractivity contribution is 6.01. The average molecular weight is 519 g/mol. The first-order chi connectivity index (χ1) is 19.1. The molecule has 1 amide bonds. The summed E-state index contributed by atoms with van der Waals surface area (Å²) in [5.74, 6) is 0.870. The van der Waals surface area contributed by atoms with Crippen LogP contribution in [0.2, 0.25) is 0 Å². The maximum atomic E-state index is 13.8. The molecule has 2 aromatic heterocycles. The Morgan fingerprint density at radius 1 is 0.923 bits per heavy atom. The maximum absolute atomic E-state index is 13.8. The number of nitrogens with one attached hydrogen (secondary N) is 2. The van der Waals surface area contributed by atoms with Crippen LogP contribution in [0.1, 0.15) is 53.9 Å². The van der Waals surface area contributed by atoms with Crippen molar-refractivity contribution in [2.24, 2.45) is 0 Å². The van der Waals surface area contributed by atoms with Gasteiger partial charge in [0.25, 0.3) is 11.5 Å². The van der Waals surface area contributed by atoms with Gasteiger partial charge in [-0.1, -0.05) is 73.9 Å². The van der Waals surface area contributed by atoms with E-state index >= 15 is 0 Å². The van der Waals surface area contributed by atoms with Gasteiger partial charge in [0.15, 0.2) is 0 Å². The fourth-order valence-corrected chi connectivity index (χ4v) is 5.51. The highest BCUT2D eigenvalue weighted by Crippen LogP contribution is 2.35. The number of fused-ring (bicyclic) bond motifs is 1. The van der Waals surface area contributed by atoms with Crippen molar-refractivity contribution >= 4 is 16.8 Å². The molecule has 196 valence electrons. The summed E-state index contributed by atoms with van der Waals surface area (Å²) in [7, 11) is 1.59. The fraction of sp³-hybridized carbons (Fsp3) is 0.219. The number of benzene rings is 3. The van der Waals surface area contributed by atoms with Crippen molar-refractivity contribution < 1.29 is 9.53 Å². The van der Waals surface area contributed by atoms with Crippen LogP contribution in [0, 0.1) is 0 Å². The molecule has 3 aromatic carbocycles. The molecule has 0 bridgehead atoms. The maximum Gasteiger partial charge on any atom is 0.295 e. The lowest BCUT2D eigenvalue weighted by atomic mass is 9.84. The first kappa shape index (κ1) is 24.7. The average Bonchev–Trinajstić information content (AvgIpc) is 3.43. The molecule has 0 spiro atoms. The second kappa shape index (κ2) is 10.6. The number of rotatable bonds is 6. The number of hydrogen-bond donors (Lipinski definition) is 2. The zero-order valence-electron chi connectivity index (χ0n) is 21.8. The van der Waals surface area contributed by atoms with Crippen molar-refractivity contribution in [3.8, 4) is 28.3 Å². The Morgan fingerprint density at radius 3 is 2.44 bits per heavy atom. The molecule has 0 aliphatic heterocycles. The normalized spacial score (nSPS) is 13.9. The highest BCUT2D eigenvalue weighted by atomic mass is 16.5. The minimum absolute atomic E-state index is 0.321. The van der Waals surface area contributed by atoms with Gasteiger partial charge in [-0.25, -0.2) is 4.68 Å². The van der Waals surface area contributed by atoms with Crippen molar-refractivity contribution in [1.29, 1.82) is 0 Å². The van der Waals surface area contributed by atoms with Crippen molar-refractivity contribution in [1.82, 2.24) is 14.9 Å². The van der Waals surface area contributed by atoms with E-state index in [1.54, 1.807) is 31.4 Å². The molecule has 2 N–H and O–H groups in total. The quantitative estimate of drug-likeness (QED) is 0.269. The monoisotopic (exact) mass is 518 g/mol. The second-order valence-electron chi connectivity index (χ2n) is 10.0. The number of aromatic amines is 1. The van der Waals surface area contributed by atoms with Crippen molar-refractivity contribution in [3.63, 3.8) is 0 Å². The summed E-state index contributed by atoms with van der Waals surface area (Å²) in [6, 6.07) is 26.7. The molecule has 1 saturated carbocycles. The largest absolute Gasteiger partial charge is 0.497 e. The Morgan fingerprint density at radius 2 is 1.69 bits per heavy atom. The van der Waals surface area contributed by atoms with E-state index in [9.17, 15) is 9.59 Å². The van der Waals surface area contributed by atoms with Crippen LogP contribution >= 0.6 is 0 Å². The fourth-order valence-electron chi connectivity index (χ4n) is 5.51. The van der Waals surface area contributed by atoms with Gasteiger partial charge in [0, 0.05) is 22.1 Å². The molecule has 39 heavy (non-hydrogen) atoms. The summed E-state index contributed by atoms with van der Waals surface area (Å²) in [6.07, 6.45) is 6.38. The number of ether oxygens (including phenoxy) is 1. The zero-order chi connectivity index (χ0) is 26.8. The minimum atomic E-state index is -0.396. The Balaban J connectivity index is 1.46. The molecule has 0 unspecified atom stereocenters. The van der Waals surface area contributed by atoms with Crippen LogP contribution in [0.3, 0.4) is 0 Å². The standard InChI is InChI=1S/C32H30N4O3/c1-39-26-14-8-13-25(19-26)28-20-27-29(23-17-15-22(16-18-23)21-9-4-2-5-10-21)33-34-30(27)32(38)36(28)35-31(37)24-11-6-3-7-12-24/h3,6-8,11-21H,2,4-5,9-10H2,1H3,(H,33,34)(H,35,37). The topological polar surface area (TPSA) is 89.0 Å². The predicted molar refractivity (Wildman–Crippen MR) is 154 cm³/mol. The number of methoxy groups -OCH3 is 1. The molecule has 7 nitrogen and oxygen atoms in total. The summed E-state index contributed by atoms with van der Waals surface area (Å²) >= 11 is 0. The van der Waals surface area contributed by atoms with E-state index in [1.165, 1.54) is 42.3 Å². The third-order valence-corrected chi connectivity index (χ3v) is 7.62. The molecule has 1 aliphatic rings. The molecular formula is C32H30N4O3. The predicted octanol–water partition coefficient (Wildman–Crippen LogP) is 6.50. The lowest BCUT2D eigenvalue weighted by Gasteiger charge is -2.22. The van der Waals surface area contributed by atoms with E-state index < -0.39 is 5.56 Å². The number of aromatic nitrogens is 3. The third-order valence-electron chi connectivity index (χ3n) is 7.62. The molecule has 6 rings (SSSR count). The van der Waals surface area contributed by atoms with Gasteiger partial charge in [0.1, 0.15) is 17.0 Å². The molecule has 0 radical (unpaired) electrons. The molecule has 2 heterocycles. The van der Waals surface area contributed by atoms with E-state index in [4.69, 9.17) is 4.74 Å². The number of carbonyl (C=O) groups is 1. The zero-order valence-corrected chi connectivity index (χ0v) is 21.8. The number of amides is 1. The van der Waals surface area contributed by atoms with Gasteiger partial charge in [-0.2, -0.15) is 5.10 Å². The summed E-state index contributed by atoms with van der Waals surface area (Å²) in [4.78, 5) is 26.9. The molecule has 1 fully saturated rings. The number of nitrogens with zero attached hydrogens (tertiary/aromatic N) is 2. The first-order valence-electron chi connectivity index (χ1n) is 13.4. The van der Waals surface area contributed by atoms with Crippen LogP contribution in [0.5, 0.6) is 5.75 Å². The Kier molecular flexibility index (Phi) is 6.71. The molecule has 7 heteroatoms. The van der Waals surface area contributed by atoms with Gasteiger partial charge in [0.2, 0.25) is 0 Å². The smallest absolute Gasteiger partial charge is 0.295 e. The Labute approximate surface area is 226 Å². The van der Waals surface area contributed by atoms with E-state index in [-0.39, 0.29) is 5.91 Å². The number of carbonyl (C=O) groups excluding carboxylic acids is 1. The number of pyridine rings is 1. The van der Waals surface area contributed by atoms with Crippen LogP contribution in [0.4, 0.5) is 0 Å². The molecule has 5 aromatic rings. The summed E-state index contributed by atoms with van der Waals surface area (Å²) in [6.45, 7) is 0. The van der Waals surface area contributed by atoms with Gasteiger partial charge in [-0.05, 0) is 54.7 Å². The van der Waals surface area contributed by atoms with Crippen LogP contribution in [0.25, 0.3) is 33.4 Å². The molecule has 1 aliphatic carbocycles. The number of hydrogen-bond acceptors (Lipinski definition) is 4. The molecule has 0 saturated heterocycles. The van der Waals surface area contributed by atoms with Gasteiger partial charge >= 0.3 is 0 Å². The molecular weight excluding hydrogens is 488 g/mol. The second-order valence-corrected chi connectivity index (χ2v) is 10.0. The van der Waals surface area contributed by atoms with Gasteiger partial charge in [-0.3, -0.25) is 20.1 Å². The summed E-state index contributed by atoms with van der Waals surface area (Å²) < 4.78 is 6.71. The number of H-pyrrole nitrogens is 1. The van der Waals surface area contributed by atoms with Crippen molar-refractivity contribution in [2.75, 3.05) is 12.5 Å². The van der Waals surface area contributed by atoms with E-state index in [0.29, 0.717) is 39.5 Å². The van der Waals surface area contributed by atoms with Gasteiger partial charge in [0.05, 0.1) is 12.8 Å². The van der Waals surface area contributed by atoms with E-state index in [0.717, 1.165) is 11.1 Å². The Bertz CT molecular complexity index is 1680. The molecule has 0 atom stereocenters. The van der Waals surface area contributed by atoms with Crippen molar-refractivity contribution in [2.45, 2.75) is 38.0 Å². The van der Waals surface area contributed by atoms with Crippen LogP contribution < -0.4 is 15.7 Å². The summed E-state index contributed by atoms with van der Waals surface area (Å²) in [5.41, 5.74) is 7.41. The highest BCUT2D eigenvalue weighted by Gasteiger charge is 2.20. The van der Waals surface area contributed by atoms with E-state index in [1.807, 2.05) is 36.4 Å². The third kappa shape index (κ3) is 4.83. The van der Waals surface area contributed by atoms with Crippen LogP contribution in [-0.2, 0) is 0 Å². The first-order valence-corrected chi connectivity index (χ1v) is 13.4.